The van der Waals surface area contributed by atoms with Gasteiger partial charge in [-0.1, -0.05) is 18.2 Å². The summed E-state index contributed by atoms with van der Waals surface area (Å²) >= 11 is 0. The summed E-state index contributed by atoms with van der Waals surface area (Å²) in [4.78, 5) is 12.3. The lowest BCUT2D eigenvalue weighted by atomic mass is 10.0. The van der Waals surface area contributed by atoms with Crippen molar-refractivity contribution >= 4 is 5.78 Å². The smallest absolute Gasteiger partial charge is 0.195 e. The van der Waals surface area contributed by atoms with Gasteiger partial charge in [0.25, 0.3) is 0 Å². The Morgan fingerprint density at radius 3 is 2.52 bits per heavy atom. The molecule has 0 radical (unpaired) electrons. The number of ether oxygens (including phenoxy) is 2. The Labute approximate surface area is 120 Å². The monoisotopic (exact) mass is 290 g/mol. The van der Waals surface area contributed by atoms with Crippen molar-refractivity contribution in [2.24, 2.45) is 0 Å². The van der Waals surface area contributed by atoms with Gasteiger partial charge in [-0.3, -0.25) is 4.79 Å². The van der Waals surface area contributed by atoms with Crippen molar-refractivity contribution < 1.29 is 23.0 Å². The molecule has 3 rings (SSSR count). The average molecular weight is 290 g/mol. The van der Waals surface area contributed by atoms with Crippen LogP contribution in [0.2, 0.25) is 0 Å². The van der Waals surface area contributed by atoms with Crippen LogP contribution in [0.3, 0.4) is 0 Å². The van der Waals surface area contributed by atoms with E-state index in [9.17, 15) is 13.6 Å². The zero-order chi connectivity index (χ0) is 14.8. The zero-order valence-corrected chi connectivity index (χ0v) is 11.0. The molecule has 2 aromatic carbocycles. The van der Waals surface area contributed by atoms with Crippen molar-refractivity contribution in [1.29, 1.82) is 0 Å². The van der Waals surface area contributed by atoms with Gasteiger partial charge in [-0.2, -0.15) is 0 Å². The van der Waals surface area contributed by atoms with Crippen LogP contribution in [0.25, 0.3) is 0 Å². The van der Waals surface area contributed by atoms with Crippen molar-refractivity contribution in [1.82, 2.24) is 0 Å². The molecule has 1 aliphatic heterocycles. The summed E-state index contributed by atoms with van der Waals surface area (Å²) < 4.78 is 37.3. The molecule has 5 heteroatoms. The summed E-state index contributed by atoms with van der Waals surface area (Å²) in [7, 11) is 0. The van der Waals surface area contributed by atoms with Gasteiger partial charge in [-0.15, -0.1) is 0 Å². The Hall–Kier alpha value is -2.11. The van der Waals surface area contributed by atoms with E-state index in [4.69, 9.17) is 9.47 Å². The van der Waals surface area contributed by atoms with E-state index in [-0.39, 0.29) is 5.56 Å². The van der Waals surface area contributed by atoms with E-state index in [1.54, 1.807) is 24.3 Å². The van der Waals surface area contributed by atoms with Crippen LogP contribution in [-0.4, -0.2) is 19.0 Å². The van der Waals surface area contributed by atoms with Gasteiger partial charge >= 0.3 is 0 Å². The third-order valence-corrected chi connectivity index (χ3v) is 3.22. The highest BCUT2D eigenvalue weighted by Crippen LogP contribution is 2.25. The quantitative estimate of drug-likeness (QED) is 0.814. The minimum Gasteiger partial charge on any atom is -0.346 e. The van der Waals surface area contributed by atoms with E-state index in [0.29, 0.717) is 30.4 Å². The summed E-state index contributed by atoms with van der Waals surface area (Å²) in [5.74, 6) is -2.10. The van der Waals surface area contributed by atoms with Gasteiger partial charge in [-0.05, 0) is 18.2 Å². The number of halogens is 2. The molecular formula is C16H12F2O3. The summed E-state index contributed by atoms with van der Waals surface area (Å²) in [6.45, 7) is 0.991. The summed E-state index contributed by atoms with van der Waals surface area (Å²) in [6, 6.07) is 9.51. The van der Waals surface area contributed by atoms with Crippen LogP contribution in [0.1, 0.15) is 27.8 Å². The fraction of sp³-hybridized carbons (Fsp3) is 0.188. The van der Waals surface area contributed by atoms with Crippen LogP contribution >= 0.6 is 0 Å². The van der Waals surface area contributed by atoms with Gasteiger partial charge in [0.2, 0.25) is 0 Å². The topological polar surface area (TPSA) is 35.5 Å². The molecule has 0 atom stereocenters. The van der Waals surface area contributed by atoms with Crippen LogP contribution in [0, 0.1) is 11.6 Å². The van der Waals surface area contributed by atoms with Crippen molar-refractivity contribution in [2.45, 2.75) is 6.29 Å². The van der Waals surface area contributed by atoms with Gasteiger partial charge < -0.3 is 9.47 Å². The maximum Gasteiger partial charge on any atom is 0.195 e. The number of benzene rings is 2. The first-order valence-corrected chi connectivity index (χ1v) is 6.48. The Bertz CT molecular complexity index is 679. The molecule has 21 heavy (non-hydrogen) atoms. The average Bonchev–Trinajstić information content (AvgIpc) is 3.01. The molecule has 0 saturated carbocycles. The van der Waals surface area contributed by atoms with Gasteiger partial charge in [0.15, 0.2) is 12.1 Å². The lowest BCUT2D eigenvalue weighted by Gasteiger charge is -2.10. The van der Waals surface area contributed by atoms with E-state index < -0.39 is 23.7 Å². The fourth-order valence-corrected chi connectivity index (χ4v) is 2.21. The second kappa shape index (κ2) is 5.71. The highest BCUT2D eigenvalue weighted by molar-refractivity contribution is 6.09. The molecule has 3 nitrogen and oxygen atoms in total. The predicted molar refractivity (Wildman–Crippen MR) is 70.9 cm³/mol. The highest BCUT2D eigenvalue weighted by atomic mass is 19.1. The van der Waals surface area contributed by atoms with E-state index in [0.717, 1.165) is 12.1 Å². The van der Waals surface area contributed by atoms with Crippen LogP contribution in [-0.2, 0) is 9.47 Å². The first-order chi connectivity index (χ1) is 10.1. The van der Waals surface area contributed by atoms with Gasteiger partial charge in [-0.25, -0.2) is 8.78 Å². The summed E-state index contributed by atoms with van der Waals surface area (Å²) in [6.07, 6.45) is -0.504. The van der Waals surface area contributed by atoms with Crippen molar-refractivity contribution in [2.75, 3.05) is 13.2 Å². The normalized spacial score (nSPS) is 15.3. The standard InChI is InChI=1S/C16H12F2O3/c17-12-4-5-13(14(18)9-12)15(19)10-2-1-3-11(8-10)16-20-6-7-21-16/h1-5,8-9,16H,6-7H2. The van der Waals surface area contributed by atoms with Crippen LogP contribution in [0.5, 0.6) is 0 Å². The molecule has 1 aliphatic rings. The third kappa shape index (κ3) is 2.84. The second-order valence-electron chi connectivity index (χ2n) is 4.65. The largest absolute Gasteiger partial charge is 0.346 e. The molecule has 1 fully saturated rings. The second-order valence-corrected chi connectivity index (χ2v) is 4.65. The van der Waals surface area contributed by atoms with Gasteiger partial charge in [0.05, 0.1) is 18.8 Å². The molecule has 0 spiro atoms. The molecule has 0 aliphatic carbocycles. The molecule has 2 aromatic rings. The number of ketones is 1. The minimum absolute atomic E-state index is 0.165. The van der Waals surface area contributed by atoms with E-state index >= 15 is 0 Å². The van der Waals surface area contributed by atoms with Crippen LogP contribution in [0.15, 0.2) is 42.5 Å². The van der Waals surface area contributed by atoms with Crippen LogP contribution < -0.4 is 0 Å². The lowest BCUT2D eigenvalue weighted by molar-refractivity contribution is -0.0441. The molecule has 0 aromatic heterocycles. The Morgan fingerprint density at radius 1 is 1.05 bits per heavy atom. The molecule has 0 unspecified atom stereocenters. The van der Waals surface area contributed by atoms with Gasteiger partial charge in [0, 0.05) is 17.2 Å². The highest BCUT2D eigenvalue weighted by Gasteiger charge is 2.20. The van der Waals surface area contributed by atoms with Crippen LogP contribution in [0.4, 0.5) is 8.78 Å². The maximum atomic E-state index is 13.7. The molecule has 0 amide bonds. The Kier molecular flexibility index (Phi) is 3.77. The molecular weight excluding hydrogens is 278 g/mol. The minimum atomic E-state index is -0.876. The van der Waals surface area contributed by atoms with E-state index in [2.05, 4.69) is 0 Å². The summed E-state index contributed by atoms with van der Waals surface area (Å²) in [5.41, 5.74) is 0.833. The number of rotatable bonds is 3. The molecule has 1 heterocycles. The zero-order valence-electron chi connectivity index (χ0n) is 11.0. The molecule has 1 saturated heterocycles. The maximum absolute atomic E-state index is 13.7. The van der Waals surface area contributed by atoms with Crippen molar-refractivity contribution in [3.63, 3.8) is 0 Å². The third-order valence-electron chi connectivity index (χ3n) is 3.22. The number of hydrogen-bond acceptors (Lipinski definition) is 3. The van der Waals surface area contributed by atoms with E-state index in [1.165, 1.54) is 0 Å². The number of carbonyl (C=O) groups is 1. The Balaban J connectivity index is 1.92. The number of carbonyl (C=O) groups excluding carboxylic acids is 1. The Morgan fingerprint density at radius 2 is 1.81 bits per heavy atom. The fourth-order valence-electron chi connectivity index (χ4n) is 2.21. The van der Waals surface area contributed by atoms with Gasteiger partial charge in [0.1, 0.15) is 11.6 Å². The first-order valence-electron chi connectivity index (χ1n) is 6.48. The first kappa shape index (κ1) is 13.9. The predicted octanol–water partition coefficient (Wildman–Crippen LogP) is 3.24. The molecule has 0 bridgehead atoms. The van der Waals surface area contributed by atoms with E-state index in [1.807, 2.05) is 0 Å². The molecule has 108 valence electrons. The van der Waals surface area contributed by atoms with Crippen molar-refractivity contribution in [3.8, 4) is 0 Å². The number of hydrogen-bond donors (Lipinski definition) is 0. The lowest BCUT2D eigenvalue weighted by Crippen LogP contribution is -2.06. The SMILES string of the molecule is O=C(c1cccc(C2OCCO2)c1)c1ccc(F)cc1F. The molecule has 0 N–H and O–H groups in total. The van der Waals surface area contributed by atoms with Crippen molar-refractivity contribution in [3.05, 3.63) is 70.8 Å². The summed E-state index contributed by atoms with van der Waals surface area (Å²) in [5, 5.41) is 0.